The van der Waals surface area contributed by atoms with Crippen molar-refractivity contribution in [3.8, 4) is 0 Å². The monoisotopic (exact) mass is 430 g/mol. The van der Waals surface area contributed by atoms with E-state index in [2.05, 4.69) is 51.5 Å². The lowest BCUT2D eigenvalue weighted by atomic mass is 10.1. The fraction of sp³-hybridized carbons (Fsp3) is 0.360. The number of aromatic amines is 1. The third kappa shape index (κ3) is 5.81. The molecule has 166 valence electrons. The molecule has 0 saturated heterocycles. The number of hydrogen-bond acceptors (Lipinski definition) is 4. The van der Waals surface area contributed by atoms with E-state index in [1.54, 1.807) is 6.33 Å². The van der Waals surface area contributed by atoms with E-state index in [4.69, 9.17) is 0 Å². The van der Waals surface area contributed by atoms with Crippen molar-refractivity contribution in [1.29, 1.82) is 0 Å². The molecule has 0 unspecified atom stereocenters. The molecule has 3 heterocycles. The van der Waals surface area contributed by atoms with Crippen molar-refractivity contribution in [2.24, 2.45) is 5.92 Å². The molecular formula is C25H30N6O. The van der Waals surface area contributed by atoms with Gasteiger partial charge in [-0.3, -0.25) is 4.79 Å². The number of amides is 1. The van der Waals surface area contributed by atoms with Gasteiger partial charge in [-0.2, -0.15) is 5.10 Å². The van der Waals surface area contributed by atoms with Crippen molar-refractivity contribution in [2.45, 2.75) is 52.6 Å². The molecule has 0 bridgehead atoms. The third-order valence-corrected chi connectivity index (χ3v) is 5.37. The molecule has 2 N–H and O–H groups in total. The standard InChI is InChI=1S/C25H30N6O/c1-18(2)12-22-14-20-13-21(29-30-24(20)28-22)10-6-7-11-31-16-23(27-17-31)25(32)26-15-19-8-4-3-5-9-19/h3-5,8-9,13-14,16-18H,6-7,10-12,15H2,1-2H3,(H,26,32)(H,28,30). The van der Waals surface area contributed by atoms with Crippen LogP contribution in [0.2, 0.25) is 0 Å². The van der Waals surface area contributed by atoms with Gasteiger partial charge in [-0.1, -0.05) is 44.2 Å². The molecule has 4 rings (SSSR count). The van der Waals surface area contributed by atoms with Crippen LogP contribution in [-0.4, -0.2) is 30.6 Å². The van der Waals surface area contributed by atoms with Gasteiger partial charge in [0.1, 0.15) is 5.69 Å². The quantitative estimate of drug-likeness (QED) is 0.367. The second-order valence-electron chi connectivity index (χ2n) is 8.65. The number of aromatic nitrogens is 5. The molecule has 3 aromatic heterocycles. The lowest BCUT2D eigenvalue weighted by Crippen LogP contribution is -2.23. The van der Waals surface area contributed by atoms with E-state index in [0.717, 1.165) is 54.5 Å². The third-order valence-electron chi connectivity index (χ3n) is 5.37. The van der Waals surface area contributed by atoms with Crippen LogP contribution in [0.25, 0.3) is 11.0 Å². The van der Waals surface area contributed by atoms with Gasteiger partial charge in [0.25, 0.3) is 5.91 Å². The Kier molecular flexibility index (Phi) is 6.94. The van der Waals surface area contributed by atoms with E-state index in [1.165, 1.54) is 5.69 Å². The first-order chi connectivity index (χ1) is 15.6. The van der Waals surface area contributed by atoms with Gasteiger partial charge in [0, 0.05) is 30.4 Å². The normalized spacial score (nSPS) is 11.3. The van der Waals surface area contributed by atoms with Crippen LogP contribution < -0.4 is 5.32 Å². The van der Waals surface area contributed by atoms with Crippen molar-refractivity contribution in [3.63, 3.8) is 0 Å². The number of rotatable bonds is 10. The Morgan fingerprint density at radius 3 is 2.78 bits per heavy atom. The molecule has 1 amide bonds. The number of H-pyrrole nitrogens is 1. The van der Waals surface area contributed by atoms with Gasteiger partial charge in [-0.25, -0.2) is 4.98 Å². The summed E-state index contributed by atoms with van der Waals surface area (Å²) in [5, 5.41) is 12.7. The van der Waals surface area contributed by atoms with Crippen molar-refractivity contribution in [3.05, 3.63) is 77.6 Å². The molecule has 7 heteroatoms. The highest BCUT2D eigenvalue weighted by atomic mass is 16.1. The Balaban J connectivity index is 1.23. The largest absolute Gasteiger partial charge is 0.347 e. The summed E-state index contributed by atoms with van der Waals surface area (Å²) in [6, 6.07) is 14.2. The van der Waals surface area contributed by atoms with E-state index >= 15 is 0 Å². The maximum atomic E-state index is 12.3. The van der Waals surface area contributed by atoms with Crippen LogP contribution in [0, 0.1) is 5.92 Å². The first kappa shape index (κ1) is 21.7. The van der Waals surface area contributed by atoms with Crippen molar-refractivity contribution < 1.29 is 4.79 Å². The molecular weight excluding hydrogens is 400 g/mol. The topological polar surface area (TPSA) is 88.5 Å². The van der Waals surface area contributed by atoms with Crippen LogP contribution >= 0.6 is 0 Å². The zero-order valence-corrected chi connectivity index (χ0v) is 18.7. The highest BCUT2D eigenvalue weighted by Crippen LogP contribution is 2.17. The van der Waals surface area contributed by atoms with Crippen molar-refractivity contribution in [1.82, 2.24) is 30.0 Å². The van der Waals surface area contributed by atoms with Crippen molar-refractivity contribution >= 4 is 16.9 Å². The molecule has 4 aromatic rings. The van der Waals surface area contributed by atoms with E-state index in [0.29, 0.717) is 18.2 Å². The first-order valence-corrected chi connectivity index (χ1v) is 11.2. The number of nitrogens with zero attached hydrogens (tertiary/aromatic N) is 4. The summed E-state index contributed by atoms with van der Waals surface area (Å²) in [6.45, 7) is 5.74. The smallest absolute Gasteiger partial charge is 0.271 e. The molecule has 0 spiro atoms. The number of benzene rings is 1. The maximum Gasteiger partial charge on any atom is 0.271 e. The van der Waals surface area contributed by atoms with E-state index < -0.39 is 0 Å². The summed E-state index contributed by atoms with van der Waals surface area (Å²) in [7, 11) is 0. The predicted octanol–water partition coefficient (Wildman–Crippen LogP) is 4.31. The molecule has 0 fully saturated rings. The molecule has 0 atom stereocenters. The number of hydrogen-bond donors (Lipinski definition) is 2. The molecule has 0 radical (unpaired) electrons. The molecule has 0 aliphatic rings. The van der Waals surface area contributed by atoms with Crippen LogP contribution in [0.4, 0.5) is 0 Å². The summed E-state index contributed by atoms with van der Waals surface area (Å²) in [4.78, 5) is 19.9. The van der Waals surface area contributed by atoms with E-state index in [1.807, 2.05) is 41.1 Å². The van der Waals surface area contributed by atoms with Crippen LogP contribution in [0.1, 0.15) is 54.1 Å². The second-order valence-corrected chi connectivity index (χ2v) is 8.65. The molecule has 1 aromatic carbocycles. The summed E-state index contributed by atoms with van der Waals surface area (Å²) in [5.41, 5.74) is 4.60. The Morgan fingerprint density at radius 2 is 1.97 bits per heavy atom. The molecule has 0 aliphatic carbocycles. The molecule has 0 saturated carbocycles. The minimum atomic E-state index is -0.153. The first-order valence-electron chi connectivity index (χ1n) is 11.2. The minimum absolute atomic E-state index is 0.153. The average molecular weight is 431 g/mol. The zero-order chi connectivity index (χ0) is 22.3. The maximum absolute atomic E-state index is 12.3. The number of nitrogens with one attached hydrogen (secondary N) is 2. The van der Waals surface area contributed by atoms with E-state index in [-0.39, 0.29) is 5.91 Å². The average Bonchev–Trinajstić information content (AvgIpc) is 3.41. The number of carbonyl (C=O) groups excluding carboxylic acids is 1. The fourth-order valence-electron chi connectivity index (χ4n) is 3.77. The summed E-state index contributed by atoms with van der Waals surface area (Å²) >= 11 is 0. The van der Waals surface area contributed by atoms with Crippen LogP contribution in [0.15, 0.2) is 55.0 Å². The lowest BCUT2D eigenvalue weighted by Gasteiger charge is -2.03. The summed E-state index contributed by atoms with van der Waals surface area (Å²) < 4.78 is 1.97. The fourth-order valence-corrected chi connectivity index (χ4v) is 3.77. The lowest BCUT2D eigenvalue weighted by molar-refractivity contribution is 0.0946. The van der Waals surface area contributed by atoms with Gasteiger partial charge in [0.2, 0.25) is 0 Å². The predicted molar refractivity (Wildman–Crippen MR) is 125 cm³/mol. The summed E-state index contributed by atoms with van der Waals surface area (Å²) in [6.07, 6.45) is 7.40. The van der Waals surface area contributed by atoms with Crippen LogP contribution in [-0.2, 0) is 25.9 Å². The highest BCUT2D eigenvalue weighted by molar-refractivity contribution is 5.91. The van der Waals surface area contributed by atoms with Gasteiger partial charge in [-0.15, -0.1) is 5.10 Å². The molecule has 0 aliphatic heterocycles. The van der Waals surface area contributed by atoms with Crippen LogP contribution in [0.5, 0.6) is 0 Å². The van der Waals surface area contributed by atoms with Gasteiger partial charge < -0.3 is 14.9 Å². The number of imidazole rings is 1. The zero-order valence-electron chi connectivity index (χ0n) is 18.7. The molecule has 32 heavy (non-hydrogen) atoms. The Bertz CT molecular complexity index is 1160. The number of carbonyl (C=O) groups is 1. The van der Waals surface area contributed by atoms with E-state index in [9.17, 15) is 4.79 Å². The van der Waals surface area contributed by atoms with Crippen LogP contribution in [0.3, 0.4) is 0 Å². The number of fused-ring (bicyclic) bond motifs is 1. The Hall–Kier alpha value is -3.48. The SMILES string of the molecule is CC(C)Cc1cc2cc(CCCCn3cnc(C(=O)NCc4ccccc4)c3)nnc2[nH]1. The highest BCUT2D eigenvalue weighted by Gasteiger charge is 2.09. The number of aryl methyl sites for hydroxylation is 2. The Labute approximate surface area is 188 Å². The second kappa shape index (κ2) is 10.2. The number of unbranched alkanes of at least 4 members (excludes halogenated alkanes) is 1. The Morgan fingerprint density at radius 1 is 1.12 bits per heavy atom. The van der Waals surface area contributed by atoms with Gasteiger partial charge >= 0.3 is 0 Å². The molecule has 7 nitrogen and oxygen atoms in total. The van der Waals surface area contributed by atoms with Crippen molar-refractivity contribution in [2.75, 3.05) is 0 Å². The summed E-state index contributed by atoms with van der Waals surface area (Å²) in [5.74, 6) is 0.452. The van der Waals surface area contributed by atoms with Gasteiger partial charge in [0.05, 0.1) is 12.0 Å². The van der Waals surface area contributed by atoms with Gasteiger partial charge in [0.15, 0.2) is 5.65 Å². The minimum Gasteiger partial charge on any atom is -0.347 e. The van der Waals surface area contributed by atoms with Gasteiger partial charge in [-0.05, 0) is 49.3 Å².